The topological polar surface area (TPSA) is 29.5 Å². The largest absolute Gasteiger partial charge is 0.496 e. The molecule has 0 N–H and O–H groups in total. The predicted molar refractivity (Wildman–Crippen MR) is 71.6 cm³/mol. The van der Waals surface area contributed by atoms with E-state index in [0.29, 0.717) is 12.2 Å². The van der Waals surface area contributed by atoms with E-state index in [9.17, 15) is 18.0 Å². The number of rotatable bonds is 6. The first-order valence-electron chi connectivity index (χ1n) is 6.29. The smallest absolute Gasteiger partial charge is 0.405 e. The second-order valence-corrected chi connectivity index (χ2v) is 4.45. The van der Waals surface area contributed by atoms with Crippen LogP contribution in [0, 0.1) is 0 Å². The number of Topliss-reactive ketones (excluding diaryl/α,β-unsaturated/α-hetero) is 1. The summed E-state index contributed by atoms with van der Waals surface area (Å²) < 4.78 is 43.1. The number of hydrogen-bond acceptors (Lipinski definition) is 3. The van der Waals surface area contributed by atoms with Crippen LogP contribution < -0.4 is 9.64 Å². The number of carbonyl (C=O) groups is 1. The predicted octanol–water partition coefficient (Wildman–Crippen LogP) is 3.68. The van der Waals surface area contributed by atoms with Crippen molar-refractivity contribution in [3.63, 3.8) is 0 Å². The van der Waals surface area contributed by atoms with E-state index in [2.05, 4.69) is 0 Å². The Morgan fingerprint density at radius 1 is 1.35 bits per heavy atom. The first-order valence-corrected chi connectivity index (χ1v) is 6.29. The van der Waals surface area contributed by atoms with Crippen LogP contribution in [0.1, 0.15) is 30.6 Å². The van der Waals surface area contributed by atoms with Crippen molar-refractivity contribution >= 4 is 11.5 Å². The van der Waals surface area contributed by atoms with E-state index < -0.39 is 12.7 Å². The summed E-state index contributed by atoms with van der Waals surface area (Å²) in [6, 6.07) is 4.66. The minimum Gasteiger partial charge on any atom is -0.496 e. The lowest BCUT2D eigenvalue weighted by molar-refractivity contribution is -0.119. The third-order valence-corrected chi connectivity index (χ3v) is 2.78. The van der Waals surface area contributed by atoms with Crippen molar-refractivity contribution in [3.8, 4) is 5.75 Å². The zero-order valence-corrected chi connectivity index (χ0v) is 11.8. The molecule has 0 aromatic heterocycles. The number of ether oxygens (including phenoxy) is 1. The average molecular weight is 289 g/mol. The molecule has 1 aromatic carbocycles. The molecule has 20 heavy (non-hydrogen) atoms. The van der Waals surface area contributed by atoms with Gasteiger partial charge >= 0.3 is 6.18 Å². The lowest BCUT2D eigenvalue weighted by atomic mass is 10.1. The molecule has 0 radical (unpaired) electrons. The number of anilines is 1. The summed E-state index contributed by atoms with van der Waals surface area (Å²) in [6.07, 6.45) is -3.78. The van der Waals surface area contributed by atoms with Crippen molar-refractivity contribution in [2.45, 2.75) is 26.4 Å². The van der Waals surface area contributed by atoms with Crippen molar-refractivity contribution in [1.82, 2.24) is 0 Å². The van der Waals surface area contributed by atoms with E-state index in [1.807, 2.05) is 0 Å². The Labute approximate surface area is 116 Å². The number of hydrogen-bond donors (Lipinski definition) is 0. The number of halogens is 3. The summed E-state index contributed by atoms with van der Waals surface area (Å²) in [5.74, 6) is -0.0287. The standard InChI is InChI=1S/C14H18F3NO2/c1-4-8-18(9-14(15,16)17)11-6-5-7-12(20-3)13(11)10(2)19/h5-7H,4,8-9H2,1-3H3. The van der Waals surface area contributed by atoms with Gasteiger partial charge in [0.2, 0.25) is 0 Å². The molecule has 0 saturated carbocycles. The number of alkyl halides is 3. The summed E-state index contributed by atoms with van der Waals surface area (Å²) >= 11 is 0. The third kappa shape index (κ3) is 4.15. The van der Waals surface area contributed by atoms with Crippen LogP contribution in [0.25, 0.3) is 0 Å². The van der Waals surface area contributed by atoms with Gasteiger partial charge in [-0.2, -0.15) is 13.2 Å². The van der Waals surface area contributed by atoms with Gasteiger partial charge in [-0.3, -0.25) is 4.79 Å². The van der Waals surface area contributed by atoms with Gasteiger partial charge in [0, 0.05) is 6.54 Å². The molecular formula is C14H18F3NO2. The zero-order chi connectivity index (χ0) is 15.3. The maximum absolute atomic E-state index is 12.7. The molecule has 0 aliphatic carbocycles. The van der Waals surface area contributed by atoms with Crippen LogP contribution in [-0.2, 0) is 0 Å². The molecule has 3 nitrogen and oxygen atoms in total. The minimum absolute atomic E-state index is 0.188. The molecule has 0 fully saturated rings. The summed E-state index contributed by atoms with van der Waals surface area (Å²) in [4.78, 5) is 12.9. The van der Waals surface area contributed by atoms with Gasteiger partial charge in [0.1, 0.15) is 12.3 Å². The van der Waals surface area contributed by atoms with Crippen LogP contribution in [0.5, 0.6) is 5.75 Å². The number of methoxy groups -OCH3 is 1. The van der Waals surface area contributed by atoms with Gasteiger partial charge < -0.3 is 9.64 Å². The molecule has 0 atom stereocenters. The molecule has 1 rings (SSSR count). The van der Waals surface area contributed by atoms with E-state index in [1.54, 1.807) is 19.1 Å². The lowest BCUT2D eigenvalue weighted by Gasteiger charge is -2.27. The van der Waals surface area contributed by atoms with Crippen LogP contribution in [0.4, 0.5) is 18.9 Å². The van der Waals surface area contributed by atoms with Gasteiger partial charge in [-0.05, 0) is 25.5 Å². The maximum atomic E-state index is 12.7. The molecule has 0 aliphatic rings. The van der Waals surface area contributed by atoms with Crippen molar-refractivity contribution in [1.29, 1.82) is 0 Å². The van der Waals surface area contributed by atoms with E-state index in [4.69, 9.17) is 4.74 Å². The van der Waals surface area contributed by atoms with Gasteiger partial charge in [0.25, 0.3) is 0 Å². The maximum Gasteiger partial charge on any atom is 0.405 e. The molecule has 6 heteroatoms. The normalized spacial score (nSPS) is 11.3. The summed E-state index contributed by atoms with van der Waals surface area (Å²) in [7, 11) is 1.39. The van der Waals surface area contributed by atoms with Gasteiger partial charge in [0.05, 0.1) is 18.4 Å². The molecule has 0 aliphatic heterocycles. The summed E-state index contributed by atoms with van der Waals surface area (Å²) in [5, 5.41) is 0. The Morgan fingerprint density at radius 3 is 2.45 bits per heavy atom. The van der Waals surface area contributed by atoms with E-state index in [0.717, 1.165) is 0 Å². The van der Waals surface area contributed by atoms with Crippen LogP contribution in [0.15, 0.2) is 18.2 Å². The third-order valence-electron chi connectivity index (χ3n) is 2.78. The molecule has 0 amide bonds. The zero-order valence-electron chi connectivity index (χ0n) is 11.8. The molecular weight excluding hydrogens is 271 g/mol. The number of nitrogens with zero attached hydrogens (tertiary/aromatic N) is 1. The monoisotopic (exact) mass is 289 g/mol. The SMILES string of the molecule is CCCN(CC(F)(F)F)c1cccc(OC)c1C(C)=O. The molecule has 0 bridgehead atoms. The fraction of sp³-hybridized carbons (Fsp3) is 0.500. The summed E-state index contributed by atoms with van der Waals surface area (Å²) in [6.45, 7) is 2.23. The van der Waals surface area contributed by atoms with Crippen molar-refractivity contribution in [3.05, 3.63) is 23.8 Å². The van der Waals surface area contributed by atoms with Gasteiger partial charge in [0.15, 0.2) is 5.78 Å². The van der Waals surface area contributed by atoms with Crippen molar-refractivity contribution in [2.24, 2.45) is 0 Å². The minimum atomic E-state index is -4.33. The number of benzene rings is 1. The molecule has 0 heterocycles. The van der Waals surface area contributed by atoms with Gasteiger partial charge in [-0.15, -0.1) is 0 Å². The van der Waals surface area contributed by atoms with Gasteiger partial charge in [-0.1, -0.05) is 13.0 Å². The van der Waals surface area contributed by atoms with Crippen molar-refractivity contribution < 1.29 is 22.7 Å². The highest BCUT2D eigenvalue weighted by molar-refractivity contribution is 6.02. The first kappa shape index (κ1) is 16.3. The van der Waals surface area contributed by atoms with Crippen LogP contribution in [0.2, 0.25) is 0 Å². The quantitative estimate of drug-likeness (QED) is 0.748. The van der Waals surface area contributed by atoms with Crippen LogP contribution in [-0.4, -0.2) is 32.2 Å². The molecule has 0 saturated heterocycles. The second-order valence-electron chi connectivity index (χ2n) is 4.45. The summed E-state index contributed by atoms with van der Waals surface area (Å²) in [5.41, 5.74) is 0.448. The van der Waals surface area contributed by atoms with Crippen LogP contribution in [0.3, 0.4) is 0 Å². The molecule has 112 valence electrons. The highest BCUT2D eigenvalue weighted by Gasteiger charge is 2.32. The van der Waals surface area contributed by atoms with E-state index in [-0.39, 0.29) is 23.6 Å². The number of carbonyl (C=O) groups excluding carboxylic acids is 1. The highest BCUT2D eigenvalue weighted by Crippen LogP contribution is 2.32. The highest BCUT2D eigenvalue weighted by atomic mass is 19.4. The van der Waals surface area contributed by atoms with E-state index >= 15 is 0 Å². The molecule has 0 spiro atoms. The Balaban J connectivity index is 3.28. The Kier molecular flexibility index (Phi) is 5.42. The second kappa shape index (κ2) is 6.63. The lowest BCUT2D eigenvalue weighted by Crippen LogP contribution is -2.35. The fourth-order valence-electron chi connectivity index (χ4n) is 2.08. The van der Waals surface area contributed by atoms with E-state index in [1.165, 1.54) is 25.0 Å². The Hall–Kier alpha value is -1.72. The first-order chi connectivity index (χ1) is 9.30. The Morgan fingerprint density at radius 2 is 2.00 bits per heavy atom. The van der Waals surface area contributed by atoms with Gasteiger partial charge in [-0.25, -0.2) is 0 Å². The van der Waals surface area contributed by atoms with Crippen molar-refractivity contribution in [2.75, 3.05) is 25.1 Å². The fourth-order valence-corrected chi connectivity index (χ4v) is 2.08. The number of ketones is 1. The van der Waals surface area contributed by atoms with Crippen LogP contribution >= 0.6 is 0 Å². The molecule has 0 unspecified atom stereocenters. The molecule has 1 aromatic rings. The Bertz CT molecular complexity index is 472. The average Bonchev–Trinajstić information content (AvgIpc) is 2.35.